The first-order valence-electron chi connectivity index (χ1n) is 17.8. The first kappa shape index (κ1) is 72.1. The molecule has 0 spiro atoms. The summed E-state index contributed by atoms with van der Waals surface area (Å²) in [6, 6.07) is 13.4. The molecule has 0 aliphatic rings. The molecular formula is C34H19Cl2N12Na6O16S5+. The number of halogens is 2. The van der Waals surface area contributed by atoms with E-state index in [1.54, 1.807) is 0 Å². The van der Waals surface area contributed by atoms with Crippen molar-refractivity contribution >= 4 is 142 Å². The van der Waals surface area contributed by atoms with Crippen molar-refractivity contribution in [1.29, 1.82) is 0 Å². The van der Waals surface area contributed by atoms with Crippen molar-refractivity contribution in [3.8, 4) is 5.75 Å². The van der Waals surface area contributed by atoms with Crippen LogP contribution in [0.3, 0.4) is 0 Å². The van der Waals surface area contributed by atoms with Gasteiger partial charge in [-0.05, 0) is 95.3 Å². The number of anilines is 8. The fraction of sp³-hybridized carbons (Fsp3) is 0. The predicted octanol–water partition coefficient (Wildman–Crippen LogP) is -13.8. The first-order valence-corrected chi connectivity index (χ1v) is 25.6. The summed E-state index contributed by atoms with van der Waals surface area (Å²) in [7, 11) is -26.5. The number of nitrogens with zero attached hydrogens (tertiary/aromatic N) is 8. The predicted molar refractivity (Wildman–Crippen MR) is 232 cm³/mol. The van der Waals surface area contributed by atoms with Crippen LogP contribution in [0.25, 0.3) is 10.8 Å². The summed E-state index contributed by atoms with van der Waals surface area (Å²) < 4.78 is 181. The van der Waals surface area contributed by atoms with Crippen LogP contribution in [0.5, 0.6) is 5.75 Å². The number of azo groups is 1. The van der Waals surface area contributed by atoms with Gasteiger partial charge in [0, 0.05) is 16.8 Å². The SMILES string of the molecule is O=S(=O)([O-])c1cccc(Nc2nc(Cl)nc(Nc3ccc(S(=O)(=O)[O-])c(Nc4nc(Cl)nc(Nc5cc(S(=O)(=O)[O-])cc6cc(S(=O)(=O)[O-])c(N=Nc7ccccc7S(=O)(=O)[O-])c(O)c56)n4)c3)n2)c1.[Na+].[Na+].[Na+].[Na+].[Na+].[Na+]. The molecule has 28 nitrogen and oxygen atoms in total. The molecule has 7 aromatic rings. The Morgan fingerprint density at radius 3 is 1.43 bits per heavy atom. The summed E-state index contributed by atoms with van der Waals surface area (Å²) in [5, 5.41) is 26.4. The first-order chi connectivity index (χ1) is 32.0. The molecule has 0 radical (unpaired) electrons. The van der Waals surface area contributed by atoms with Gasteiger partial charge < -0.3 is 49.1 Å². The molecule has 360 valence electrons. The fourth-order valence-electron chi connectivity index (χ4n) is 5.92. The normalized spacial score (nSPS) is 11.6. The molecule has 0 amide bonds. The second kappa shape index (κ2) is 28.7. The molecule has 0 saturated carbocycles. The summed E-state index contributed by atoms with van der Waals surface area (Å²) in [4.78, 5) is 18.7. The summed E-state index contributed by atoms with van der Waals surface area (Å²) in [5.74, 6) is -3.20. The van der Waals surface area contributed by atoms with E-state index in [4.69, 9.17) is 23.2 Å². The summed E-state index contributed by atoms with van der Waals surface area (Å²) in [5.41, 5.74) is -3.04. The molecule has 0 aliphatic carbocycles. The van der Waals surface area contributed by atoms with E-state index < -0.39 is 137 Å². The minimum atomic E-state index is -5.67. The van der Waals surface area contributed by atoms with Gasteiger partial charge in [-0.3, -0.25) is 0 Å². The van der Waals surface area contributed by atoms with Gasteiger partial charge in [0.05, 0.1) is 35.9 Å². The van der Waals surface area contributed by atoms with Gasteiger partial charge in [-0.15, -0.1) is 10.2 Å². The van der Waals surface area contributed by atoms with Crippen molar-refractivity contribution in [2.45, 2.75) is 24.5 Å². The van der Waals surface area contributed by atoms with Crippen LogP contribution in [0.4, 0.5) is 57.9 Å². The Balaban J connectivity index is 0.00000469. The second-order valence-electron chi connectivity index (χ2n) is 13.3. The van der Waals surface area contributed by atoms with E-state index in [2.05, 4.69) is 61.4 Å². The quantitative estimate of drug-likeness (QED) is 0.0361. The number of nitrogens with one attached hydrogen (secondary N) is 4. The number of rotatable bonds is 15. The summed E-state index contributed by atoms with van der Waals surface area (Å²) in [6.45, 7) is 0. The smallest absolute Gasteiger partial charge is 0.744 e. The van der Waals surface area contributed by atoms with Gasteiger partial charge >= 0.3 is 177 Å². The Kier molecular flexibility index (Phi) is 27.6. The monoisotopic (exact) mass is 1220 g/mol. The maximum absolute atomic E-state index is 12.4. The van der Waals surface area contributed by atoms with E-state index in [0.29, 0.717) is 18.2 Å². The van der Waals surface area contributed by atoms with E-state index in [1.807, 2.05) is 0 Å². The molecule has 0 saturated heterocycles. The molecule has 0 aliphatic heterocycles. The fourth-order valence-corrected chi connectivity index (χ4v) is 9.16. The average molecular weight is 1220 g/mol. The van der Waals surface area contributed by atoms with Crippen molar-refractivity contribution in [3.05, 3.63) is 95.5 Å². The van der Waals surface area contributed by atoms with E-state index in [-0.39, 0.29) is 201 Å². The van der Waals surface area contributed by atoms with Crippen LogP contribution >= 0.6 is 23.2 Å². The van der Waals surface area contributed by atoms with Crippen molar-refractivity contribution in [2.75, 3.05) is 21.3 Å². The van der Waals surface area contributed by atoms with Crippen LogP contribution < -0.4 is 199 Å². The molecule has 0 bridgehead atoms. The van der Waals surface area contributed by atoms with Crippen molar-refractivity contribution in [1.82, 2.24) is 29.9 Å². The number of hydrogen-bond acceptors (Lipinski definition) is 28. The summed E-state index contributed by atoms with van der Waals surface area (Å²) >= 11 is 12.2. The minimum absolute atomic E-state index is 0. The van der Waals surface area contributed by atoms with E-state index in [1.165, 1.54) is 18.2 Å². The number of phenolic OH excluding ortho intramolecular Hbond substituents is 1. The molecule has 41 heteroatoms. The van der Waals surface area contributed by atoms with E-state index >= 15 is 0 Å². The number of phenols is 1. The van der Waals surface area contributed by atoms with Gasteiger partial charge in [-0.2, -0.15) is 29.9 Å². The molecule has 5 aromatic carbocycles. The maximum Gasteiger partial charge on any atom is 1.00 e. The third kappa shape index (κ3) is 18.8. The zero-order valence-corrected chi connectivity index (χ0v) is 56.6. The minimum Gasteiger partial charge on any atom is -0.744 e. The Hall–Kier alpha value is -0.890. The van der Waals surface area contributed by atoms with Gasteiger partial charge in [0.1, 0.15) is 62.0 Å². The van der Waals surface area contributed by atoms with E-state index in [9.17, 15) is 70.0 Å². The van der Waals surface area contributed by atoms with Crippen LogP contribution in [0, 0.1) is 0 Å². The van der Waals surface area contributed by atoms with Crippen LogP contribution in [-0.2, 0) is 50.6 Å². The van der Waals surface area contributed by atoms with Crippen molar-refractivity contribution in [3.63, 3.8) is 0 Å². The van der Waals surface area contributed by atoms with Gasteiger partial charge in [0.25, 0.3) is 0 Å². The zero-order valence-electron chi connectivity index (χ0n) is 39.0. The third-order valence-corrected chi connectivity index (χ3v) is 13.3. The largest absolute Gasteiger partial charge is 1.00 e. The molecule has 0 unspecified atom stereocenters. The van der Waals surface area contributed by atoms with Gasteiger partial charge in [-0.1, -0.05) is 18.2 Å². The number of aromatic hydroxyl groups is 1. The number of benzene rings is 5. The van der Waals surface area contributed by atoms with Crippen LogP contribution in [0.1, 0.15) is 0 Å². The topological polar surface area (TPSA) is 456 Å². The third-order valence-electron chi connectivity index (χ3n) is 8.67. The van der Waals surface area contributed by atoms with E-state index in [0.717, 1.165) is 48.5 Å². The van der Waals surface area contributed by atoms with Gasteiger partial charge in [-0.25, -0.2) is 42.1 Å². The zero-order chi connectivity index (χ0) is 50.4. The molecule has 75 heavy (non-hydrogen) atoms. The Bertz CT molecular complexity index is 3930. The number of aromatic nitrogens is 6. The molecule has 7 rings (SSSR count). The standard InChI is InChI=1S/C34H24Cl2N12O16S5.6Na/c35-29-41-31(37-16-4-3-5-18(12-16)65(50,51)52)45-32(42-29)38-17-8-9-24(68(59,60)61)21(13-17)39-33-43-30(36)44-34(46-33)40-22-14-19(66(53,54)55)10-15-11-25(69(62,63)64)27(28(49)26(15)22)48-47-20-6-1-2-7-23(20)67(56,57)58;;;;;;/h1-14,49H,(H,50,51,52)(H,53,54,55)(H,56,57,58)(H,59,60,61)(H,62,63,64)(H2,37,38,41,42,45)(H2,39,40,43,44,46);;;;;;/q;6*+1/p-5. The second-order valence-corrected chi connectivity index (χ2v) is 20.8. The molecule has 2 aromatic heterocycles. The molecule has 2 heterocycles. The molecule has 5 N–H and O–H groups in total. The Labute approximate surface area is 567 Å². The van der Waals surface area contributed by atoms with Gasteiger partial charge in [0.2, 0.25) is 34.4 Å². The summed E-state index contributed by atoms with van der Waals surface area (Å²) in [6.07, 6.45) is 0. The Morgan fingerprint density at radius 2 is 0.920 bits per heavy atom. The van der Waals surface area contributed by atoms with Crippen LogP contribution in [-0.4, -0.2) is 99.9 Å². The van der Waals surface area contributed by atoms with Crippen molar-refractivity contribution in [2.24, 2.45) is 10.2 Å². The maximum atomic E-state index is 12.4. The molecular weight excluding hydrogens is 1200 g/mol. The number of fused-ring (bicyclic) bond motifs is 1. The van der Waals surface area contributed by atoms with Crippen LogP contribution in [0.15, 0.2) is 120 Å². The Morgan fingerprint density at radius 1 is 0.440 bits per heavy atom. The van der Waals surface area contributed by atoms with Gasteiger partial charge in [0.15, 0.2) is 5.75 Å². The average Bonchev–Trinajstić information content (AvgIpc) is 3.21. The van der Waals surface area contributed by atoms with Crippen molar-refractivity contribution < 1.29 is 247 Å². The molecule has 0 atom stereocenters. The van der Waals surface area contributed by atoms with Crippen LogP contribution in [0.2, 0.25) is 10.6 Å². The number of hydrogen-bond donors (Lipinski definition) is 5. The molecule has 0 fully saturated rings.